The molecule has 0 aliphatic heterocycles. The number of nitrogens with zero attached hydrogens (tertiary/aromatic N) is 3. The Labute approximate surface area is 114 Å². The van der Waals surface area contributed by atoms with E-state index < -0.39 is 0 Å². The second-order valence-electron chi connectivity index (χ2n) is 5.14. The van der Waals surface area contributed by atoms with Gasteiger partial charge in [-0.3, -0.25) is 0 Å². The van der Waals surface area contributed by atoms with Gasteiger partial charge in [0.1, 0.15) is 0 Å². The highest BCUT2D eigenvalue weighted by Crippen LogP contribution is 2.26. The molecule has 0 spiro atoms. The van der Waals surface area contributed by atoms with Crippen molar-refractivity contribution < 1.29 is 0 Å². The predicted octanol–water partition coefficient (Wildman–Crippen LogP) is 2.17. The molecule has 0 aliphatic carbocycles. The van der Waals surface area contributed by atoms with Gasteiger partial charge in [-0.15, -0.1) is 0 Å². The van der Waals surface area contributed by atoms with E-state index in [1.807, 2.05) is 24.1 Å². The summed E-state index contributed by atoms with van der Waals surface area (Å²) in [4.78, 5) is 6.40. The average molecular weight is 258 g/mol. The highest BCUT2D eigenvalue weighted by molar-refractivity contribution is 5.52. The standard InChI is InChI=1S/C15H22N4/c1-11-5-12(2)7-13(6-11)19(4)14(8-16)15-9-17-10-18(15)3/h5-7,9-10,14H,8,16H2,1-4H3. The molecular weight excluding hydrogens is 236 g/mol. The number of aryl methyl sites for hydroxylation is 3. The molecule has 2 N–H and O–H groups in total. The van der Waals surface area contributed by atoms with Gasteiger partial charge in [0.25, 0.3) is 0 Å². The van der Waals surface area contributed by atoms with Crippen molar-refractivity contribution >= 4 is 5.69 Å². The lowest BCUT2D eigenvalue weighted by Crippen LogP contribution is -2.31. The summed E-state index contributed by atoms with van der Waals surface area (Å²) in [5.74, 6) is 0. The van der Waals surface area contributed by atoms with E-state index in [9.17, 15) is 0 Å². The van der Waals surface area contributed by atoms with Crippen molar-refractivity contribution in [2.24, 2.45) is 12.8 Å². The molecule has 2 rings (SSSR count). The molecule has 0 saturated carbocycles. The lowest BCUT2D eigenvalue weighted by atomic mass is 10.1. The Balaban J connectivity index is 2.35. The van der Waals surface area contributed by atoms with E-state index in [0.29, 0.717) is 6.54 Å². The quantitative estimate of drug-likeness (QED) is 0.914. The van der Waals surface area contributed by atoms with Crippen LogP contribution >= 0.6 is 0 Å². The zero-order valence-corrected chi connectivity index (χ0v) is 12.1. The molecule has 1 aromatic heterocycles. The Morgan fingerprint density at radius 3 is 2.37 bits per heavy atom. The third-order valence-corrected chi connectivity index (χ3v) is 3.50. The summed E-state index contributed by atoms with van der Waals surface area (Å²) in [6, 6.07) is 6.69. The molecule has 0 saturated heterocycles. The number of hydrogen-bond donors (Lipinski definition) is 1. The van der Waals surface area contributed by atoms with Crippen molar-refractivity contribution in [1.82, 2.24) is 9.55 Å². The van der Waals surface area contributed by atoms with E-state index in [0.717, 1.165) is 5.69 Å². The summed E-state index contributed by atoms with van der Waals surface area (Å²) in [7, 11) is 4.08. The Kier molecular flexibility index (Phi) is 3.90. The first kappa shape index (κ1) is 13.6. The fourth-order valence-corrected chi connectivity index (χ4v) is 2.50. The van der Waals surface area contributed by atoms with Gasteiger partial charge in [-0.1, -0.05) is 6.07 Å². The molecule has 2 aromatic rings. The molecule has 0 bridgehead atoms. The topological polar surface area (TPSA) is 47.1 Å². The van der Waals surface area contributed by atoms with Crippen LogP contribution in [0.25, 0.3) is 0 Å². The summed E-state index contributed by atoms with van der Waals surface area (Å²) in [5.41, 5.74) is 10.8. The molecule has 0 radical (unpaired) electrons. The number of nitrogens with two attached hydrogens (primary N) is 1. The van der Waals surface area contributed by atoms with Crippen LogP contribution in [0, 0.1) is 13.8 Å². The number of likely N-dealkylation sites (N-methyl/N-ethyl adjacent to an activating group) is 1. The molecule has 1 unspecified atom stereocenters. The van der Waals surface area contributed by atoms with Gasteiger partial charge in [0.2, 0.25) is 0 Å². The first-order valence-electron chi connectivity index (χ1n) is 6.50. The predicted molar refractivity (Wildman–Crippen MR) is 79.3 cm³/mol. The van der Waals surface area contributed by atoms with Crippen LogP contribution in [0.1, 0.15) is 22.9 Å². The lowest BCUT2D eigenvalue weighted by molar-refractivity contribution is 0.629. The SMILES string of the molecule is Cc1cc(C)cc(N(C)C(CN)c2cncn2C)c1. The lowest BCUT2D eigenvalue weighted by Gasteiger charge is -2.29. The molecule has 1 aromatic carbocycles. The molecule has 4 heteroatoms. The smallest absolute Gasteiger partial charge is 0.0946 e. The van der Waals surface area contributed by atoms with Crippen molar-refractivity contribution in [3.05, 3.63) is 47.5 Å². The summed E-state index contributed by atoms with van der Waals surface area (Å²) in [6.45, 7) is 4.79. The minimum Gasteiger partial charge on any atom is -0.365 e. The maximum atomic E-state index is 5.96. The van der Waals surface area contributed by atoms with Gasteiger partial charge in [-0.25, -0.2) is 4.98 Å². The van der Waals surface area contributed by atoms with Crippen molar-refractivity contribution in [3.63, 3.8) is 0 Å². The van der Waals surface area contributed by atoms with Crippen LogP contribution in [0.3, 0.4) is 0 Å². The minimum absolute atomic E-state index is 0.133. The zero-order valence-electron chi connectivity index (χ0n) is 12.1. The Morgan fingerprint density at radius 2 is 1.89 bits per heavy atom. The maximum absolute atomic E-state index is 5.96. The van der Waals surface area contributed by atoms with Gasteiger partial charge in [0.05, 0.1) is 24.3 Å². The van der Waals surface area contributed by atoms with Crippen molar-refractivity contribution in [1.29, 1.82) is 0 Å². The summed E-state index contributed by atoms with van der Waals surface area (Å²) in [5, 5.41) is 0. The normalized spacial score (nSPS) is 12.5. The first-order chi connectivity index (χ1) is 9.02. The molecule has 1 heterocycles. The summed E-state index contributed by atoms with van der Waals surface area (Å²) in [6.07, 6.45) is 3.70. The van der Waals surface area contributed by atoms with Crippen LogP contribution in [-0.4, -0.2) is 23.1 Å². The van der Waals surface area contributed by atoms with Crippen LogP contribution in [0.4, 0.5) is 5.69 Å². The number of benzene rings is 1. The van der Waals surface area contributed by atoms with Crippen molar-refractivity contribution in [2.75, 3.05) is 18.5 Å². The van der Waals surface area contributed by atoms with Crippen LogP contribution in [-0.2, 0) is 7.05 Å². The second-order valence-corrected chi connectivity index (χ2v) is 5.14. The molecule has 102 valence electrons. The van der Waals surface area contributed by atoms with E-state index in [1.165, 1.54) is 16.8 Å². The minimum atomic E-state index is 0.133. The Hall–Kier alpha value is -1.81. The van der Waals surface area contributed by atoms with E-state index in [2.05, 4.69) is 49.0 Å². The largest absolute Gasteiger partial charge is 0.365 e. The van der Waals surface area contributed by atoms with E-state index in [1.54, 1.807) is 0 Å². The molecule has 4 nitrogen and oxygen atoms in total. The number of hydrogen-bond acceptors (Lipinski definition) is 3. The first-order valence-corrected chi connectivity index (χ1v) is 6.50. The van der Waals surface area contributed by atoms with Gasteiger partial charge in [-0.05, 0) is 37.1 Å². The maximum Gasteiger partial charge on any atom is 0.0946 e. The van der Waals surface area contributed by atoms with Crippen LogP contribution in [0.2, 0.25) is 0 Å². The summed E-state index contributed by atoms with van der Waals surface area (Å²) < 4.78 is 2.02. The molecule has 0 amide bonds. The monoisotopic (exact) mass is 258 g/mol. The highest BCUT2D eigenvalue weighted by atomic mass is 15.2. The third kappa shape index (κ3) is 2.79. The molecule has 1 atom stereocenters. The summed E-state index contributed by atoms with van der Waals surface area (Å²) >= 11 is 0. The number of aromatic nitrogens is 2. The van der Waals surface area contributed by atoms with Crippen molar-refractivity contribution in [3.8, 4) is 0 Å². The fourth-order valence-electron chi connectivity index (χ4n) is 2.50. The van der Waals surface area contributed by atoms with Crippen molar-refractivity contribution in [2.45, 2.75) is 19.9 Å². The number of rotatable bonds is 4. The molecule has 19 heavy (non-hydrogen) atoms. The van der Waals surface area contributed by atoms with E-state index >= 15 is 0 Å². The number of imidazole rings is 1. The van der Waals surface area contributed by atoms with Gasteiger partial charge in [0, 0.05) is 26.3 Å². The van der Waals surface area contributed by atoms with Gasteiger partial charge in [0.15, 0.2) is 0 Å². The van der Waals surface area contributed by atoms with Gasteiger partial charge < -0.3 is 15.2 Å². The highest BCUT2D eigenvalue weighted by Gasteiger charge is 2.19. The number of anilines is 1. The average Bonchev–Trinajstić information content (AvgIpc) is 2.75. The van der Waals surface area contributed by atoms with E-state index in [-0.39, 0.29) is 6.04 Å². The van der Waals surface area contributed by atoms with Gasteiger partial charge in [-0.2, -0.15) is 0 Å². The molecule has 0 fully saturated rings. The second kappa shape index (κ2) is 5.45. The van der Waals surface area contributed by atoms with E-state index in [4.69, 9.17) is 5.73 Å². The zero-order chi connectivity index (χ0) is 14.0. The van der Waals surface area contributed by atoms with Crippen LogP contribution < -0.4 is 10.6 Å². The van der Waals surface area contributed by atoms with Crippen LogP contribution in [0.15, 0.2) is 30.7 Å². The van der Waals surface area contributed by atoms with Gasteiger partial charge >= 0.3 is 0 Å². The fraction of sp³-hybridized carbons (Fsp3) is 0.400. The Bertz CT molecular complexity index is 539. The van der Waals surface area contributed by atoms with Crippen LogP contribution in [0.5, 0.6) is 0 Å². The molecule has 0 aliphatic rings. The third-order valence-electron chi connectivity index (χ3n) is 3.50. The molecular formula is C15H22N4. The Morgan fingerprint density at radius 1 is 1.26 bits per heavy atom.